The van der Waals surface area contributed by atoms with Crippen molar-refractivity contribution in [3.63, 3.8) is 0 Å². The first-order valence-electron chi connectivity index (χ1n) is 6.22. The van der Waals surface area contributed by atoms with Gasteiger partial charge in [-0.1, -0.05) is 48.5 Å². The molecule has 1 heterocycles. The number of hydrogen-bond donors (Lipinski definition) is 1. The van der Waals surface area contributed by atoms with E-state index >= 15 is 0 Å². The zero-order valence-electron chi connectivity index (χ0n) is 10.5. The third-order valence-corrected chi connectivity index (χ3v) is 3.57. The number of amidine groups is 1. The van der Waals surface area contributed by atoms with Crippen LogP contribution >= 0.6 is 0 Å². The molecule has 90 valence electrons. The van der Waals surface area contributed by atoms with Crippen LogP contribution in [0.5, 0.6) is 0 Å². The fraction of sp³-hybridized carbons (Fsp3) is 0.188. The van der Waals surface area contributed by atoms with Crippen LogP contribution < -0.4 is 0 Å². The summed E-state index contributed by atoms with van der Waals surface area (Å²) >= 11 is 0. The molecule has 0 aromatic heterocycles. The van der Waals surface area contributed by atoms with Crippen LogP contribution in [-0.4, -0.2) is 10.7 Å². The summed E-state index contributed by atoms with van der Waals surface area (Å²) in [5, 5.41) is 8.23. The summed E-state index contributed by atoms with van der Waals surface area (Å²) in [5.74, 6) is 0.647. The molecule has 1 aliphatic heterocycles. The van der Waals surface area contributed by atoms with Gasteiger partial charge in [-0.25, -0.2) is 0 Å². The number of hydrogen-bond acceptors (Lipinski definition) is 1. The van der Waals surface area contributed by atoms with Gasteiger partial charge in [0.05, 0.1) is 0 Å². The van der Waals surface area contributed by atoms with Crippen LogP contribution in [0.15, 0.2) is 48.5 Å². The van der Waals surface area contributed by atoms with Crippen LogP contribution in [0.1, 0.15) is 22.3 Å². The molecule has 0 saturated carbocycles. The Bertz CT molecular complexity index is 602. The number of benzene rings is 2. The molecule has 0 bridgehead atoms. The Hall–Kier alpha value is -2.09. The van der Waals surface area contributed by atoms with Gasteiger partial charge in [-0.3, -0.25) is 5.41 Å². The fourth-order valence-corrected chi connectivity index (χ4v) is 2.47. The third-order valence-electron chi connectivity index (χ3n) is 3.57. The molecule has 0 fully saturated rings. The average molecular weight is 236 g/mol. The van der Waals surface area contributed by atoms with Gasteiger partial charge in [0.25, 0.3) is 0 Å². The van der Waals surface area contributed by atoms with Crippen molar-refractivity contribution < 1.29 is 0 Å². The van der Waals surface area contributed by atoms with Crippen LogP contribution in [0.25, 0.3) is 0 Å². The Morgan fingerprint density at radius 3 is 2.56 bits per heavy atom. The van der Waals surface area contributed by atoms with E-state index in [-0.39, 0.29) is 0 Å². The van der Waals surface area contributed by atoms with Crippen molar-refractivity contribution in [2.75, 3.05) is 0 Å². The van der Waals surface area contributed by atoms with Gasteiger partial charge in [0.15, 0.2) is 0 Å². The molecule has 0 spiro atoms. The Morgan fingerprint density at radius 1 is 1.06 bits per heavy atom. The molecule has 0 saturated heterocycles. The molecule has 0 aliphatic carbocycles. The molecule has 2 aromatic rings. The second kappa shape index (κ2) is 4.30. The first-order valence-corrected chi connectivity index (χ1v) is 6.22. The summed E-state index contributed by atoms with van der Waals surface area (Å²) in [6.45, 7) is 3.80. The minimum Gasteiger partial charge on any atom is -0.348 e. The maximum atomic E-state index is 8.23. The van der Waals surface area contributed by atoms with Gasteiger partial charge in [-0.2, -0.15) is 0 Å². The second-order valence-electron chi connectivity index (χ2n) is 4.79. The van der Waals surface area contributed by atoms with Gasteiger partial charge in [0, 0.05) is 18.7 Å². The lowest BCUT2D eigenvalue weighted by atomic mass is 10.1. The molecule has 0 unspecified atom stereocenters. The highest BCUT2D eigenvalue weighted by atomic mass is 15.2. The van der Waals surface area contributed by atoms with Gasteiger partial charge >= 0.3 is 0 Å². The van der Waals surface area contributed by atoms with Crippen LogP contribution in [0, 0.1) is 12.3 Å². The molecular formula is C16H16N2. The first-order chi connectivity index (χ1) is 8.75. The Morgan fingerprint density at radius 2 is 1.78 bits per heavy atom. The van der Waals surface area contributed by atoms with Crippen LogP contribution in [0.4, 0.5) is 0 Å². The highest BCUT2D eigenvalue weighted by molar-refractivity contribution is 6.00. The maximum Gasteiger partial charge on any atom is 0.129 e. The molecule has 2 nitrogen and oxygen atoms in total. The minimum atomic E-state index is 0.647. The lowest BCUT2D eigenvalue weighted by Gasteiger charge is -2.19. The average Bonchev–Trinajstić information content (AvgIpc) is 2.70. The smallest absolute Gasteiger partial charge is 0.129 e. The predicted octanol–water partition coefficient (Wildman–Crippen LogP) is 3.34. The number of fused-ring (bicyclic) bond motifs is 1. The van der Waals surface area contributed by atoms with Crippen molar-refractivity contribution in [3.05, 3.63) is 70.8 Å². The van der Waals surface area contributed by atoms with E-state index < -0.39 is 0 Å². The maximum absolute atomic E-state index is 8.23. The van der Waals surface area contributed by atoms with Crippen LogP contribution in [0.3, 0.4) is 0 Å². The van der Waals surface area contributed by atoms with E-state index in [4.69, 9.17) is 5.41 Å². The second-order valence-corrected chi connectivity index (χ2v) is 4.79. The SMILES string of the molecule is Cc1ccccc1CN1Cc2ccccc2C1=N. The van der Waals surface area contributed by atoms with E-state index in [2.05, 4.69) is 42.2 Å². The largest absolute Gasteiger partial charge is 0.348 e. The van der Waals surface area contributed by atoms with E-state index in [0.29, 0.717) is 5.84 Å². The quantitative estimate of drug-likeness (QED) is 0.850. The summed E-state index contributed by atoms with van der Waals surface area (Å²) < 4.78 is 0. The van der Waals surface area contributed by atoms with E-state index in [1.807, 2.05) is 18.2 Å². The summed E-state index contributed by atoms with van der Waals surface area (Å²) in [7, 11) is 0. The zero-order valence-corrected chi connectivity index (χ0v) is 10.5. The highest BCUT2D eigenvalue weighted by Gasteiger charge is 2.23. The molecule has 1 aliphatic rings. The first kappa shape index (κ1) is 11.0. The Kier molecular flexibility index (Phi) is 2.63. The number of nitrogens with one attached hydrogen (secondary N) is 1. The molecule has 1 N–H and O–H groups in total. The van der Waals surface area contributed by atoms with Crippen molar-refractivity contribution in [2.24, 2.45) is 0 Å². The normalized spacial score (nSPS) is 13.8. The lowest BCUT2D eigenvalue weighted by molar-refractivity contribution is 0.421. The van der Waals surface area contributed by atoms with Gasteiger partial charge < -0.3 is 4.90 Å². The van der Waals surface area contributed by atoms with Crippen molar-refractivity contribution in [3.8, 4) is 0 Å². The van der Waals surface area contributed by atoms with E-state index in [9.17, 15) is 0 Å². The fourth-order valence-electron chi connectivity index (χ4n) is 2.47. The summed E-state index contributed by atoms with van der Waals surface area (Å²) in [6.07, 6.45) is 0. The third kappa shape index (κ3) is 1.80. The molecule has 0 amide bonds. The van der Waals surface area contributed by atoms with Crippen LogP contribution in [0.2, 0.25) is 0 Å². The van der Waals surface area contributed by atoms with Gasteiger partial charge in [-0.05, 0) is 23.6 Å². The molecule has 3 rings (SSSR count). The van der Waals surface area contributed by atoms with E-state index in [0.717, 1.165) is 18.7 Å². The summed E-state index contributed by atoms with van der Waals surface area (Å²) in [5.41, 5.74) is 4.93. The molecule has 18 heavy (non-hydrogen) atoms. The lowest BCUT2D eigenvalue weighted by Crippen LogP contribution is -2.23. The monoisotopic (exact) mass is 236 g/mol. The molecule has 2 aromatic carbocycles. The topological polar surface area (TPSA) is 27.1 Å². The number of rotatable bonds is 2. The Balaban J connectivity index is 1.86. The van der Waals surface area contributed by atoms with Crippen molar-refractivity contribution in [2.45, 2.75) is 20.0 Å². The summed E-state index contributed by atoms with van der Waals surface area (Å²) in [6, 6.07) is 16.6. The number of nitrogens with zero attached hydrogens (tertiary/aromatic N) is 1. The van der Waals surface area contributed by atoms with Crippen LogP contribution in [-0.2, 0) is 13.1 Å². The zero-order chi connectivity index (χ0) is 12.5. The van der Waals surface area contributed by atoms with Gasteiger partial charge in [0.1, 0.15) is 5.84 Å². The standard InChI is InChI=1S/C16H16N2/c1-12-6-2-3-7-13(12)10-18-11-14-8-4-5-9-15(14)16(18)17/h2-9,17H,10-11H2,1H3. The molecule has 0 radical (unpaired) electrons. The van der Waals surface area contributed by atoms with E-state index in [1.54, 1.807) is 0 Å². The van der Waals surface area contributed by atoms with Gasteiger partial charge in [-0.15, -0.1) is 0 Å². The predicted molar refractivity (Wildman–Crippen MR) is 73.7 cm³/mol. The number of aryl methyl sites for hydroxylation is 1. The van der Waals surface area contributed by atoms with Crippen molar-refractivity contribution in [1.29, 1.82) is 5.41 Å². The van der Waals surface area contributed by atoms with Gasteiger partial charge in [0.2, 0.25) is 0 Å². The summed E-state index contributed by atoms with van der Waals surface area (Å²) in [4.78, 5) is 2.13. The van der Waals surface area contributed by atoms with Crippen molar-refractivity contribution >= 4 is 5.84 Å². The molecular weight excluding hydrogens is 220 g/mol. The minimum absolute atomic E-state index is 0.647. The van der Waals surface area contributed by atoms with E-state index in [1.165, 1.54) is 16.7 Å². The van der Waals surface area contributed by atoms with Crippen molar-refractivity contribution in [1.82, 2.24) is 4.90 Å². The molecule has 0 atom stereocenters. The highest BCUT2D eigenvalue weighted by Crippen LogP contribution is 2.24. The molecule has 2 heteroatoms. The Labute approximate surface area is 107 Å².